The minimum Gasteiger partial charge on any atom is -0.369 e. The van der Waals surface area contributed by atoms with Gasteiger partial charge in [-0.05, 0) is 67.0 Å². The van der Waals surface area contributed by atoms with Crippen molar-refractivity contribution in [3.05, 3.63) is 29.8 Å². The summed E-state index contributed by atoms with van der Waals surface area (Å²) >= 11 is 0. The predicted octanol–water partition coefficient (Wildman–Crippen LogP) is 5.88. The van der Waals surface area contributed by atoms with Crippen molar-refractivity contribution in [3.63, 3.8) is 0 Å². The van der Waals surface area contributed by atoms with E-state index < -0.39 is 0 Å². The quantitative estimate of drug-likeness (QED) is 0.574. The highest BCUT2D eigenvalue weighted by atomic mass is 19.1. The molecule has 3 heteroatoms. The molecule has 1 aromatic carbocycles. The predicted molar refractivity (Wildman–Crippen MR) is 114 cm³/mol. The Balaban J connectivity index is 1.70. The zero-order valence-corrected chi connectivity index (χ0v) is 17.9. The average molecular weight is 375 g/mol. The van der Waals surface area contributed by atoms with Crippen molar-refractivity contribution in [2.45, 2.75) is 65.7 Å². The number of hydrogen-bond donors (Lipinski definition) is 0. The van der Waals surface area contributed by atoms with Crippen LogP contribution in [0.25, 0.3) is 0 Å². The molecular formula is C24H39FN2. The van der Waals surface area contributed by atoms with Crippen molar-refractivity contribution in [2.75, 3.05) is 44.3 Å². The number of halogens is 1. The summed E-state index contributed by atoms with van der Waals surface area (Å²) in [5, 5.41) is 0. The Kier molecular flexibility index (Phi) is 6.50. The second-order valence-electron chi connectivity index (χ2n) is 10.4. The van der Waals surface area contributed by atoms with Crippen LogP contribution >= 0.6 is 0 Å². The molecule has 1 aliphatic carbocycles. The molecule has 1 aliphatic heterocycles. The van der Waals surface area contributed by atoms with Crippen molar-refractivity contribution < 1.29 is 4.39 Å². The highest BCUT2D eigenvalue weighted by Crippen LogP contribution is 2.53. The van der Waals surface area contributed by atoms with Crippen LogP contribution < -0.4 is 4.90 Å². The molecule has 3 rings (SSSR count). The van der Waals surface area contributed by atoms with Gasteiger partial charge in [-0.2, -0.15) is 0 Å². The third-order valence-electron chi connectivity index (χ3n) is 6.50. The summed E-state index contributed by atoms with van der Waals surface area (Å²) in [5.41, 5.74) is 3.84. The smallest absolute Gasteiger partial charge is 0.0894 e. The van der Waals surface area contributed by atoms with Gasteiger partial charge >= 0.3 is 0 Å². The van der Waals surface area contributed by atoms with E-state index in [9.17, 15) is 4.39 Å². The Morgan fingerprint density at radius 1 is 0.926 bits per heavy atom. The third kappa shape index (κ3) is 5.47. The van der Waals surface area contributed by atoms with Crippen LogP contribution in [0.5, 0.6) is 0 Å². The van der Waals surface area contributed by atoms with Crippen LogP contribution in [-0.4, -0.2) is 44.3 Å². The maximum Gasteiger partial charge on any atom is 0.0894 e. The van der Waals surface area contributed by atoms with E-state index in [2.05, 4.69) is 61.8 Å². The fourth-order valence-electron chi connectivity index (χ4n) is 5.83. The Morgan fingerprint density at radius 2 is 1.56 bits per heavy atom. The van der Waals surface area contributed by atoms with Crippen LogP contribution in [0.2, 0.25) is 0 Å². The van der Waals surface area contributed by atoms with Crippen molar-refractivity contribution in [1.82, 2.24) is 4.90 Å². The first-order chi connectivity index (χ1) is 12.8. The van der Waals surface area contributed by atoms with Crippen LogP contribution in [0.3, 0.4) is 0 Å². The van der Waals surface area contributed by atoms with E-state index in [4.69, 9.17) is 0 Å². The average Bonchev–Trinajstić information content (AvgIpc) is 2.60. The summed E-state index contributed by atoms with van der Waals surface area (Å²) in [5.74, 6) is 0.655. The SMILES string of the molecule is CC1(C)CC(c2ccccc2N2CCN(CCCCF)CC2)CC(C)(C)C1. The normalized spacial score (nSPS) is 23.5. The summed E-state index contributed by atoms with van der Waals surface area (Å²) in [6, 6.07) is 9.14. The lowest BCUT2D eigenvalue weighted by Gasteiger charge is -2.46. The molecule has 0 aromatic heterocycles. The van der Waals surface area contributed by atoms with E-state index in [1.54, 1.807) is 5.56 Å². The number of para-hydroxylation sites is 1. The second-order valence-corrected chi connectivity index (χ2v) is 10.4. The maximum atomic E-state index is 12.3. The first-order valence-electron chi connectivity index (χ1n) is 10.9. The standard InChI is InChI=1S/C24H39FN2/c1-23(2)17-20(18-24(3,4)19-23)21-9-5-6-10-22(21)27-15-13-26(14-16-27)12-8-7-11-25/h5-6,9-10,20H,7-8,11-19H2,1-4H3. The van der Waals surface area contributed by atoms with Crippen molar-refractivity contribution in [1.29, 1.82) is 0 Å². The number of piperazine rings is 1. The van der Waals surface area contributed by atoms with Gasteiger partial charge in [-0.15, -0.1) is 0 Å². The zero-order valence-electron chi connectivity index (χ0n) is 17.9. The molecular weight excluding hydrogens is 335 g/mol. The number of benzene rings is 1. The minimum atomic E-state index is -0.179. The molecule has 0 radical (unpaired) electrons. The molecule has 152 valence electrons. The molecule has 0 spiro atoms. The summed E-state index contributed by atoms with van der Waals surface area (Å²) in [4.78, 5) is 5.09. The Labute approximate surface area is 166 Å². The van der Waals surface area contributed by atoms with Gasteiger partial charge in [-0.3, -0.25) is 9.29 Å². The lowest BCUT2D eigenvalue weighted by atomic mass is 9.60. The molecule has 0 amide bonds. The first kappa shape index (κ1) is 20.6. The van der Waals surface area contributed by atoms with E-state index in [-0.39, 0.29) is 6.67 Å². The maximum absolute atomic E-state index is 12.3. The van der Waals surface area contributed by atoms with Gasteiger partial charge in [0.25, 0.3) is 0 Å². The molecule has 1 saturated heterocycles. The van der Waals surface area contributed by atoms with Gasteiger partial charge in [0.15, 0.2) is 0 Å². The minimum absolute atomic E-state index is 0.179. The first-order valence-corrected chi connectivity index (χ1v) is 10.9. The van der Waals surface area contributed by atoms with Gasteiger partial charge in [-0.25, -0.2) is 0 Å². The topological polar surface area (TPSA) is 6.48 Å². The Hall–Kier alpha value is -1.09. The molecule has 0 unspecified atom stereocenters. The van der Waals surface area contributed by atoms with Gasteiger partial charge < -0.3 is 4.90 Å². The van der Waals surface area contributed by atoms with Crippen LogP contribution in [0, 0.1) is 10.8 Å². The molecule has 1 saturated carbocycles. The molecule has 1 heterocycles. The largest absolute Gasteiger partial charge is 0.369 e. The number of hydrogen-bond acceptors (Lipinski definition) is 2. The summed E-state index contributed by atoms with van der Waals surface area (Å²) in [6.45, 7) is 15.0. The van der Waals surface area contributed by atoms with Crippen molar-refractivity contribution >= 4 is 5.69 Å². The van der Waals surface area contributed by atoms with Crippen LogP contribution in [0.4, 0.5) is 10.1 Å². The summed E-state index contributed by atoms with van der Waals surface area (Å²) < 4.78 is 12.3. The van der Waals surface area contributed by atoms with Gasteiger partial charge in [-0.1, -0.05) is 45.9 Å². The highest BCUT2D eigenvalue weighted by Gasteiger charge is 2.39. The van der Waals surface area contributed by atoms with Gasteiger partial charge in [0.2, 0.25) is 0 Å². The van der Waals surface area contributed by atoms with E-state index in [1.807, 2.05) is 0 Å². The molecule has 0 atom stereocenters. The van der Waals surface area contributed by atoms with Gasteiger partial charge in [0.1, 0.15) is 0 Å². The number of unbranched alkanes of at least 4 members (excludes halogenated alkanes) is 1. The molecule has 2 nitrogen and oxygen atoms in total. The van der Waals surface area contributed by atoms with Crippen molar-refractivity contribution in [3.8, 4) is 0 Å². The lowest BCUT2D eigenvalue weighted by molar-refractivity contribution is 0.0970. The summed E-state index contributed by atoms with van der Waals surface area (Å²) in [7, 11) is 0. The van der Waals surface area contributed by atoms with Gasteiger partial charge in [0.05, 0.1) is 6.67 Å². The monoisotopic (exact) mass is 374 g/mol. The third-order valence-corrected chi connectivity index (χ3v) is 6.50. The molecule has 0 N–H and O–H groups in total. The number of alkyl halides is 1. The fourth-order valence-corrected chi connectivity index (χ4v) is 5.83. The van der Waals surface area contributed by atoms with Crippen LogP contribution in [-0.2, 0) is 0 Å². The fraction of sp³-hybridized carbons (Fsp3) is 0.750. The van der Waals surface area contributed by atoms with Gasteiger partial charge in [0, 0.05) is 31.9 Å². The van der Waals surface area contributed by atoms with E-state index >= 15 is 0 Å². The Bertz CT molecular complexity index is 586. The number of nitrogens with zero attached hydrogens (tertiary/aromatic N) is 2. The van der Waals surface area contributed by atoms with Crippen molar-refractivity contribution in [2.24, 2.45) is 10.8 Å². The lowest BCUT2D eigenvalue weighted by Crippen LogP contribution is -2.47. The molecule has 2 aliphatic rings. The molecule has 1 aromatic rings. The molecule has 2 fully saturated rings. The molecule has 27 heavy (non-hydrogen) atoms. The van der Waals surface area contributed by atoms with E-state index in [1.165, 1.54) is 24.9 Å². The summed E-state index contributed by atoms with van der Waals surface area (Å²) in [6.07, 6.45) is 5.58. The zero-order chi connectivity index (χ0) is 19.5. The number of rotatable bonds is 6. The number of anilines is 1. The highest BCUT2D eigenvalue weighted by molar-refractivity contribution is 5.56. The van der Waals surface area contributed by atoms with E-state index in [0.717, 1.165) is 39.1 Å². The van der Waals surface area contributed by atoms with Crippen LogP contribution in [0.1, 0.15) is 71.3 Å². The second kappa shape index (κ2) is 8.51. The Morgan fingerprint density at radius 3 is 2.19 bits per heavy atom. The molecule has 0 bridgehead atoms. The van der Waals surface area contributed by atoms with Crippen LogP contribution in [0.15, 0.2) is 24.3 Å². The van der Waals surface area contributed by atoms with E-state index in [0.29, 0.717) is 23.2 Å².